The third-order valence-corrected chi connectivity index (χ3v) is 5.46. The minimum atomic E-state index is -1.04. The summed E-state index contributed by atoms with van der Waals surface area (Å²) < 4.78 is 0. The van der Waals surface area contributed by atoms with Crippen molar-refractivity contribution in [2.45, 2.75) is 78.6 Å². The molecule has 0 aromatic heterocycles. The van der Waals surface area contributed by atoms with Gasteiger partial charge in [0, 0.05) is 17.9 Å². The van der Waals surface area contributed by atoms with Crippen molar-refractivity contribution < 1.29 is 19.5 Å². The van der Waals surface area contributed by atoms with Crippen LogP contribution in [-0.4, -0.2) is 52.6 Å². The monoisotopic (exact) mass is 384 g/mol. The highest BCUT2D eigenvalue weighted by molar-refractivity contribution is 5.87. The van der Waals surface area contributed by atoms with Gasteiger partial charge in [0.05, 0.1) is 6.04 Å². The van der Waals surface area contributed by atoms with Crippen LogP contribution in [0.2, 0.25) is 0 Å². The third-order valence-electron chi connectivity index (χ3n) is 5.46. The Kier molecular flexibility index (Phi) is 8.23. The van der Waals surface area contributed by atoms with Crippen LogP contribution in [0.1, 0.15) is 60.3 Å². The van der Waals surface area contributed by atoms with Gasteiger partial charge in [-0.1, -0.05) is 34.6 Å². The van der Waals surface area contributed by atoms with E-state index in [-0.39, 0.29) is 29.7 Å². The van der Waals surface area contributed by atoms with Crippen LogP contribution < -0.4 is 16.8 Å². The van der Waals surface area contributed by atoms with Gasteiger partial charge in [0.1, 0.15) is 12.3 Å². The van der Waals surface area contributed by atoms with Gasteiger partial charge >= 0.3 is 0 Å². The molecule has 0 saturated carbocycles. The van der Waals surface area contributed by atoms with Crippen LogP contribution in [0.4, 0.5) is 0 Å². The number of amides is 3. The summed E-state index contributed by atoms with van der Waals surface area (Å²) in [6, 6.07) is -1.12. The fourth-order valence-corrected chi connectivity index (χ4v) is 3.46. The molecular formula is C19H36N4O4. The van der Waals surface area contributed by atoms with E-state index in [0.717, 1.165) is 6.42 Å². The molecule has 0 spiro atoms. The number of carbonyl (C=O) groups is 3. The second-order valence-electron chi connectivity index (χ2n) is 8.64. The van der Waals surface area contributed by atoms with Crippen LogP contribution in [0, 0.1) is 17.3 Å². The van der Waals surface area contributed by atoms with Crippen LogP contribution in [0.3, 0.4) is 0 Å². The number of aliphatic hydroxyl groups is 1. The molecule has 156 valence electrons. The molecule has 1 aliphatic heterocycles. The Hall–Kier alpha value is -1.67. The average Bonchev–Trinajstić information content (AvgIpc) is 3.05. The lowest BCUT2D eigenvalue weighted by Crippen LogP contribution is -2.51. The topological polar surface area (TPSA) is 139 Å². The van der Waals surface area contributed by atoms with E-state index in [1.54, 1.807) is 18.7 Å². The van der Waals surface area contributed by atoms with Crippen molar-refractivity contribution in [3.63, 3.8) is 0 Å². The fourth-order valence-electron chi connectivity index (χ4n) is 3.46. The normalized spacial score (nSPS) is 21.0. The maximum Gasteiger partial charge on any atom is 0.240 e. The molecule has 1 fully saturated rings. The predicted molar refractivity (Wildman–Crippen MR) is 103 cm³/mol. The minimum absolute atomic E-state index is 0.0523. The molecule has 1 rings (SSSR count). The predicted octanol–water partition coefficient (Wildman–Crippen LogP) is 0.323. The minimum Gasteiger partial charge on any atom is -0.377 e. The lowest BCUT2D eigenvalue weighted by molar-refractivity contribution is -0.144. The van der Waals surface area contributed by atoms with Gasteiger partial charge in [0.15, 0.2) is 0 Å². The molecule has 8 nitrogen and oxygen atoms in total. The molecule has 3 unspecified atom stereocenters. The Morgan fingerprint density at radius 1 is 1.26 bits per heavy atom. The summed E-state index contributed by atoms with van der Waals surface area (Å²) in [7, 11) is 0. The van der Waals surface area contributed by atoms with E-state index >= 15 is 0 Å². The zero-order chi connectivity index (χ0) is 20.9. The van der Waals surface area contributed by atoms with Gasteiger partial charge in [0.25, 0.3) is 0 Å². The fraction of sp³-hybridized carbons (Fsp3) is 0.842. The van der Waals surface area contributed by atoms with Crippen molar-refractivity contribution in [2.75, 3.05) is 6.54 Å². The maximum atomic E-state index is 13.0. The van der Waals surface area contributed by atoms with E-state index in [4.69, 9.17) is 11.5 Å². The summed E-state index contributed by atoms with van der Waals surface area (Å²) in [5.74, 6) is -1.30. The maximum absolute atomic E-state index is 13.0. The van der Waals surface area contributed by atoms with Crippen molar-refractivity contribution >= 4 is 17.7 Å². The van der Waals surface area contributed by atoms with Crippen molar-refractivity contribution in [3.8, 4) is 0 Å². The molecule has 3 amide bonds. The molecule has 0 aromatic rings. The number of nitrogens with zero attached hydrogens (tertiary/aromatic N) is 1. The standard InChI is InChI=1S/C19H36N4O4/c1-11(2)17(26)22-14(16(21)25)12(3)8-9-19(4,5)18(27)23-10-6-7-13(23)15(20)24/h11-15,24H,6-10,20H2,1-5H3,(H2,21,25)(H,22,26)/t12?,13?,14-,15?/m0/s1. The molecule has 27 heavy (non-hydrogen) atoms. The summed E-state index contributed by atoms with van der Waals surface area (Å²) >= 11 is 0. The molecule has 1 aliphatic rings. The molecule has 8 heteroatoms. The molecule has 4 atom stereocenters. The molecule has 1 heterocycles. The van der Waals surface area contributed by atoms with Crippen LogP contribution in [0.25, 0.3) is 0 Å². The number of aliphatic hydroxyl groups excluding tert-OH is 1. The Morgan fingerprint density at radius 3 is 2.33 bits per heavy atom. The summed E-state index contributed by atoms with van der Waals surface area (Å²) in [5.41, 5.74) is 10.4. The van der Waals surface area contributed by atoms with Gasteiger partial charge in [-0.3, -0.25) is 14.4 Å². The Bertz CT molecular complexity index is 548. The summed E-state index contributed by atoms with van der Waals surface area (Å²) in [4.78, 5) is 38.3. The first-order valence-electron chi connectivity index (χ1n) is 9.73. The van der Waals surface area contributed by atoms with E-state index < -0.39 is 23.6 Å². The number of nitrogens with one attached hydrogen (secondary N) is 1. The highest BCUT2D eigenvalue weighted by atomic mass is 16.3. The first kappa shape index (κ1) is 23.4. The van der Waals surface area contributed by atoms with E-state index in [1.165, 1.54) is 0 Å². The lowest BCUT2D eigenvalue weighted by Gasteiger charge is -2.35. The van der Waals surface area contributed by atoms with Crippen molar-refractivity contribution in [1.29, 1.82) is 0 Å². The van der Waals surface area contributed by atoms with Crippen LogP contribution >= 0.6 is 0 Å². The lowest BCUT2D eigenvalue weighted by atomic mass is 9.81. The Labute approximate surface area is 162 Å². The summed E-state index contributed by atoms with van der Waals surface area (Å²) in [6.45, 7) is 9.64. The molecule has 1 saturated heterocycles. The molecule has 6 N–H and O–H groups in total. The number of likely N-dealkylation sites (tertiary alicyclic amines) is 1. The highest BCUT2D eigenvalue weighted by Gasteiger charge is 2.40. The van der Waals surface area contributed by atoms with Gasteiger partial charge in [-0.05, 0) is 31.6 Å². The number of carbonyl (C=O) groups excluding carboxylic acids is 3. The number of hydrogen-bond donors (Lipinski definition) is 4. The molecule has 0 bridgehead atoms. The van der Waals surface area contributed by atoms with Gasteiger partial charge < -0.3 is 26.8 Å². The highest BCUT2D eigenvalue weighted by Crippen LogP contribution is 2.32. The van der Waals surface area contributed by atoms with Crippen LogP contribution in [-0.2, 0) is 14.4 Å². The first-order chi connectivity index (χ1) is 12.4. The number of rotatable bonds is 9. The van der Waals surface area contributed by atoms with E-state index in [9.17, 15) is 19.5 Å². The molecular weight excluding hydrogens is 348 g/mol. The van der Waals surface area contributed by atoms with Gasteiger partial charge in [-0.2, -0.15) is 0 Å². The molecule has 0 aliphatic carbocycles. The second-order valence-corrected chi connectivity index (χ2v) is 8.64. The quantitative estimate of drug-likeness (QED) is 0.424. The first-order valence-corrected chi connectivity index (χ1v) is 9.73. The van der Waals surface area contributed by atoms with E-state index in [1.807, 2.05) is 20.8 Å². The number of primary amides is 1. The average molecular weight is 385 g/mol. The zero-order valence-corrected chi connectivity index (χ0v) is 17.2. The van der Waals surface area contributed by atoms with Crippen molar-refractivity contribution in [1.82, 2.24) is 10.2 Å². The van der Waals surface area contributed by atoms with E-state index in [2.05, 4.69) is 5.32 Å². The van der Waals surface area contributed by atoms with Crippen molar-refractivity contribution in [3.05, 3.63) is 0 Å². The molecule has 0 radical (unpaired) electrons. The van der Waals surface area contributed by atoms with Crippen LogP contribution in [0.5, 0.6) is 0 Å². The van der Waals surface area contributed by atoms with E-state index in [0.29, 0.717) is 25.8 Å². The number of hydrogen-bond acceptors (Lipinski definition) is 5. The van der Waals surface area contributed by atoms with Gasteiger partial charge in [-0.25, -0.2) is 0 Å². The van der Waals surface area contributed by atoms with Gasteiger partial charge in [-0.15, -0.1) is 0 Å². The SMILES string of the molecule is CC(C)C(=O)N[C@H](C(N)=O)C(C)CCC(C)(C)C(=O)N1CCCC1C(N)O. The zero-order valence-electron chi connectivity index (χ0n) is 17.2. The largest absolute Gasteiger partial charge is 0.377 e. The Balaban J connectivity index is 2.73. The second kappa shape index (κ2) is 9.50. The summed E-state index contributed by atoms with van der Waals surface area (Å²) in [5, 5.41) is 12.4. The Morgan fingerprint density at radius 2 is 1.85 bits per heavy atom. The molecule has 0 aromatic carbocycles. The summed E-state index contributed by atoms with van der Waals surface area (Å²) in [6.07, 6.45) is 1.55. The smallest absolute Gasteiger partial charge is 0.240 e. The third kappa shape index (κ3) is 6.17. The number of nitrogens with two attached hydrogens (primary N) is 2. The van der Waals surface area contributed by atoms with Crippen molar-refractivity contribution in [2.24, 2.45) is 28.7 Å². The van der Waals surface area contributed by atoms with Crippen LogP contribution in [0.15, 0.2) is 0 Å². The van der Waals surface area contributed by atoms with Gasteiger partial charge in [0.2, 0.25) is 17.7 Å².